The van der Waals surface area contributed by atoms with E-state index >= 15 is 0 Å². The highest BCUT2D eigenvalue weighted by atomic mass is 16.6. The first kappa shape index (κ1) is 18.2. The maximum absolute atomic E-state index is 13.1. The summed E-state index contributed by atoms with van der Waals surface area (Å²) in [5.41, 5.74) is 4.52. The Balaban J connectivity index is 1.50. The molecule has 0 radical (unpaired) electrons. The lowest BCUT2D eigenvalue weighted by Crippen LogP contribution is -2.28. The summed E-state index contributed by atoms with van der Waals surface area (Å²) < 4.78 is 11.3. The van der Waals surface area contributed by atoms with Crippen LogP contribution in [0.3, 0.4) is 0 Å². The smallest absolute Gasteiger partial charge is 0.258 e. The number of carbonyl (C=O) groups is 2. The average molecular weight is 401 g/mol. The number of hydrogen-bond acceptors (Lipinski definition) is 5. The zero-order chi connectivity index (χ0) is 20.7. The number of benzene rings is 3. The summed E-state index contributed by atoms with van der Waals surface area (Å²) in [5, 5.41) is 9.94. The topological polar surface area (TPSA) is 76.1 Å². The standard InChI is InChI=1S/C24H19NO5/c26-14-17-5-4-16(12-21(17)27)24(28)25-9-8-19-18(2-1-3-20(19)25)15-6-7-22-23(13-15)30-11-10-29-22/h1-7,12-14,27H,8-11H2. The van der Waals surface area contributed by atoms with Crippen molar-refractivity contribution in [1.82, 2.24) is 0 Å². The van der Waals surface area contributed by atoms with Crippen molar-refractivity contribution < 1.29 is 24.2 Å². The first-order valence-electron chi connectivity index (χ1n) is 9.77. The van der Waals surface area contributed by atoms with Gasteiger partial charge in [0.15, 0.2) is 17.8 Å². The molecule has 0 unspecified atom stereocenters. The van der Waals surface area contributed by atoms with Gasteiger partial charge in [-0.05, 0) is 59.5 Å². The van der Waals surface area contributed by atoms with E-state index in [4.69, 9.17) is 9.47 Å². The lowest BCUT2D eigenvalue weighted by Gasteiger charge is -2.20. The number of aldehydes is 1. The number of amides is 1. The number of fused-ring (bicyclic) bond motifs is 2. The molecule has 0 saturated heterocycles. The Morgan fingerprint density at radius 2 is 1.83 bits per heavy atom. The van der Waals surface area contributed by atoms with Crippen molar-refractivity contribution in [2.75, 3.05) is 24.7 Å². The van der Waals surface area contributed by atoms with E-state index in [1.807, 2.05) is 36.4 Å². The number of nitrogens with zero attached hydrogens (tertiary/aromatic N) is 1. The Labute approximate surface area is 173 Å². The summed E-state index contributed by atoms with van der Waals surface area (Å²) >= 11 is 0. The molecule has 5 rings (SSSR count). The normalized spacial score (nSPS) is 14.3. The van der Waals surface area contributed by atoms with Crippen LogP contribution in [0.15, 0.2) is 54.6 Å². The zero-order valence-electron chi connectivity index (χ0n) is 16.1. The molecular weight excluding hydrogens is 382 g/mol. The van der Waals surface area contributed by atoms with Gasteiger partial charge in [0, 0.05) is 17.8 Å². The monoisotopic (exact) mass is 401 g/mol. The third kappa shape index (κ3) is 2.97. The van der Waals surface area contributed by atoms with E-state index in [1.54, 1.807) is 11.0 Å². The van der Waals surface area contributed by atoms with Crippen molar-refractivity contribution >= 4 is 17.9 Å². The molecule has 0 atom stereocenters. The maximum atomic E-state index is 13.1. The van der Waals surface area contributed by atoms with Crippen molar-refractivity contribution in [3.63, 3.8) is 0 Å². The fraction of sp³-hybridized carbons (Fsp3) is 0.167. The second-order valence-electron chi connectivity index (χ2n) is 7.26. The van der Waals surface area contributed by atoms with Gasteiger partial charge in [-0.25, -0.2) is 0 Å². The van der Waals surface area contributed by atoms with E-state index in [-0.39, 0.29) is 17.2 Å². The maximum Gasteiger partial charge on any atom is 0.258 e. The number of phenols is 1. The Morgan fingerprint density at radius 1 is 1.00 bits per heavy atom. The molecule has 6 nitrogen and oxygen atoms in total. The van der Waals surface area contributed by atoms with E-state index in [9.17, 15) is 14.7 Å². The number of aromatic hydroxyl groups is 1. The Kier molecular flexibility index (Phi) is 4.39. The third-order valence-electron chi connectivity index (χ3n) is 5.53. The molecule has 1 amide bonds. The number of hydrogen-bond donors (Lipinski definition) is 1. The lowest BCUT2D eigenvalue weighted by atomic mass is 9.97. The van der Waals surface area contributed by atoms with Gasteiger partial charge in [-0.15, -0.1) is 0 Å². The summed E-state index contributed by atoms with van der Waals surface area (Å²) in [5.74, 6) is 1.07. The summed E-state index contributed by atoms with van der Waals surface area (Å²) in [7, 11) is 0. The van der Waals surface area contributed by atoms with Gasteiger partial charge >= 0.3 is 0 Å². The molecule has 0 aliphatic carbocycles. The molecule has 150 valence electrons. The molecule has 2 aliphatic rings. The molecule has 6 heteroatoms. The highest BCUT2D eigenvalue weighted by molar-refractivity contribution is 6.08. The van der Waals surface area contributed by atoms with Crippen molar-refractivity contribution in [2.45, 2.75) is 6.42 Å². The molecule has 2 heterocycles. The van der Waals surface area contributed by atoms with Gasteiger partial charge in [0.2, 0.25) is 0 Å². The first-order chi connectivity index (χ1) is 14.7. The molecular formula is C24H19NO5. The number of carbonyl (C=O) groups excluding carboxylic acids is 2. The van der Waals surface area contributed by atoms with Crippen LogP contribution in [0.4, 0.5) is 5.69 Å². The van der Waals surface area contributed by atoms with Crippen molar-refractivity contribution in [1.29, 1.82) is 0 Å². The number of ether oxygens (including phenoxy) is 2. The lowest BCUT2D eigenvalue weighted by molar-refractivity contribution is 0.0988. The molecule has 3 aromatic rings. The van der Waals surface area contributed by atoms with E-state index in [0.29, 0.717) is 31.6 Å². The summed E-state index contributed by atoms with van der Waals surface area (Å²) in [6.07, 6.45) is 1.29. The predicted molar refractivity (Wildman–Crippen MR) is 112 cm³/mol. The average Bonchev–Trinajstić information content (AvgIpc) is 3.22. The second kappa shape index (κ2) is 7.22. The molecule has 0 spiro atoms. The van der Waals surface area contributed by atoms with Crippen molar-refractivity contribution in [2.24, 2.45) is 0 Å². The van der Waals surface area contributed by atoms with E-state index in [1.165, 1.54) is 12.1 Å². The predicted octanol–water partition coefficient (Wildman–Crippen LogP) is 3.85. The molecule has 30 heavy (non-hydrogen) atoms. The van der Waals surface area contributed by atoms with Crippen LogP contribution in [0.2, 0.25) is 0 Å². The van der Waals surface area contributed by atoms with Crippen LogP contribution in [0.25, 0.3) is 11.1 Å². The van der Waals surface area contributed by atoms with Gasteiger partial charge < -0.3 is 19.5 Å². The molecule has 0 bridgehead atoms. The number of phenolic OH excluding ortho intramolecular Hbond substituents is 1. The molecule has 2 aliphatic heterocycles. The highest BCUT2D eigenvalue weighted by Gasteiger charge is 2.28. The fourth-order valence-corrected chi connectivity index (χ4v) is 4.06. The van der Waals surface area contributed by atoms with Gasteiger partial charge in [-0.1, -0.05) is 18.2 Å². The molecule has 0 fully saturated rings. The van der Waals surface area contributed by atoms with Crippen LogP contribution in [0.5, 0.6) is 17.2 Å². The van der Waals surface area contributed by atoms with E-state index in [0.717, 1.165) is 40.3 Å². The first-order valence-corrected chi connectivity index (χ1v) is 9.77. The SMILES string of the molecule is O=Cc1ccc(C(=O)N2CCc3c(-c4ccc5c(c4)OCCO5)cccc32)cc1O. The van der Waals surface area contributed by atoms with Crippen LogP contribution >= 0.6 is 0 Å². The fourth-order valence-electron chi connectivity index (χ4n) is 4.06. The zero-order valence-corrected chi connectivity index (χ0v) is 16.1. The number of anilines is 1. The van der Waals surface area contributed by atoms with Gasteiger partial charge in [0.1, 0.15) is 19.0 Å². The highest BCUT2D eigenvalue weighted by Crippen LogP contribution is 2.40. The van der Waals surface area contributed by atoms with Crippen molar-refractivity contribution in [3.05, 3.63) is 71.3 Å². The largest absolute Gasteiger partial charge is 0.507 e. The van der Waals surface area contributed by atoms with Gasteiger partial charge in [0.25, 0.3) is 5.91 Å². The molecule has 3 aromatic carbocycles. The van der Waals surface area contributed by atoms with Crippen molar-refractivity contribution in [3.8, 4) is 28.4 Å². The number of rotatable bonds is 3. The van der Waals surface area contributed by atoms with Crippen LogP contribution < -0.4 is 14.4 Å². The second-order valence-corrected chi connectivity index (χ2v) is 7.26. The van der Waals surface area contributed by atoms with Crippen LogP contribution in [0.1, 0.15) is 26.3 Å². The molecule has 0 saturated carbocycles. The van der Waals surface area contributed by atoms with Gasteiger partial charge in [-0.2, -0.15) is 0 Å². The van der Waals surface area contributed by atoms with Gasteiger partial charge in [0.05, 0.1) is 5.56 Å². The van der Waals surface area contributed by atoms with Gasteiger partial charge in [-0.3, -0.25) is 9.59 Å². The summed E-state index contributed by atoms with van der Waals surface area (Å²) in [6.45, 7) is 1.63. The third-order valence-corrected chi connectivity index (χ3v) is 5.53. The van der Waals surface area contributed by atoms with Crippen LogP contribution in [-0.2, 0) is 6.42 Å². The Hall–Kier alpha value is -3.80. The minimum atomic E-state index is -0.208. The Bertz CT molecular complexity index is 1170. The molecule has 0 aromatic heterocycles. The minimum Gasteiger partial charge on any atom is -0.507 e. The summed E-state index contributed by atoms with van der Waals surface area (Å²) in [6, 6.07) is 16.2. The summed E-state index contributed by atoms with van der Waals surface area (Å²) in [4.78, 5) is 25.7. The molecule has 1 N–H and O–H groups in total. The quantitative estimate of drug-likeness (QED) is 0.675. The van der Waals surface area contributed by atoms with E-state index < -0.39 is 0 Å². The minimum absolute atomic E-state index is 0.161. The Morgan fingerprint density at radius 3 is 2.63 bits per heavy atom. The van der Waals surface area contributed by atoms with Crippen LogP contribution in [-0.4, -0.2) is 37.1 Å². The van der Waals surface area contributed by atoms with E-state index in [2.05, 4.69) is 0 Å². The van der Waals surface area contributed by atoms with Crippen LogP contribution in [0, 0.1) is 0 Å².